The molecule has 0 amide bonds. The van der Waals surface area contributed by atoms with Gasteiger partial charge in [-0.05, 0) is 35.4 Å². The number of rotatable bonds is 7. The Morgan fingerprint density at radius 1 is 0.966 bits per heavy atom. The number of ether oxygens (including phenoxy) is 1. The monoisotopic (exact) mass is 390 g/mol. The molecule has 0 unspecified atom stereocenters. The van der Waals surface area contributed by atoms with E-state index < -0.39 is 5.92 Å². The molecule has 1 atom stereocenters. The van der Waals surface area contributed by atoms with Gasteiger partial charge in [-0.3, -0.25) is 10.1 Å². The molecule has 5 nitrogen and oxygen atoms in total. The molecule has 0 saturated heterocycles. The summed E-state index contributed by atoms with van der Waals surface area (Å²) < 4.78 is 19.1. The minimum Gasteiger partial charge on any atom is -0.489 e. The summed E-state index contributed by atoms with van der Waals surface area (Å²) in [4.78, 5) is 14.3. The molecule has 146 valence electrons. The van der Waals surface area contributed by atoms with Crippen molar-refractivity contribution >= 4 is 10.9 Å². The fourth-order valence-electron chi connectivity index (χ4n) is 3.54. The van der Waals surface area contributed by atoms with Crippen LogP contribution in [0.2, 0.25) is 0 Å². The molecule has 29 heavy (non-hydrogen) atoms. The minimum absolute atomic E-state index is 0.246. The lowest BCUT2D eigenvalue weighted by atomic mass is 9.90. The third-order valence-corrected chi connectivity index (χ3v) is 4.93. The summed E-state index contributed by atoms with van der Waals surface area (Å²) in [6.07, 6.45) is 1.83. The molecule has 0 fully saturated rings. The first kappa shape index (κ1) is 18.7. The van der Waals surface area contributed by atoms with Crippen LogP contribution in [0.15, 0.2) is 79.0 Å². The van der Waals surface area contributed by atoms with E-state index in [0.717, 1.165) is 27.6 Å². The predicted molar refractivity (Wildman–Crippen MR) is 109 cm³/mol. The Morgan fingerprint density at radius 3 is 2.48 bits per heavy atom. The number of hydrogen-bond donors (Lipinski definition) is 1. The van der Waals surface area contributed by atoms with Crippen LogP contribution in [0.1, 0.15) is 22.6 Å². The van der Waals surface area contributed by atoms with Crippen LogP contribution < -0.4 is 4.74 Å². The number of aromatic amines is 1. The number of para-hydroxylation sites is 2. The number of aromatic nitrogens is 1. The Balaban J connectivity index is 1.70. The van der Waals surface area contributed by atoms with E-state index in [0.29, 0.717) is 5.75 Å². The van der Waals surface area contributed by atoms with Crippen molar-refractivity contribution in [2.24, 2.45) is 0 Å². The topological polar surface area (TPSA) is 68.2 Å². The molecule has 0 bridgehead atoms. The summed E-state index contributed by atoms with van der Waals surface area (Å²) in [6, 6.07) is 21.2. The van der Waals surface area contributed by atoms with Gasteiger partial charge in [0.05, 0.1) is 5.92 Å². The summed E-state index contributed by atoms with van der Waals surface area (Å²) in [5.41, 5.74) is 3.35. The lowest BCUT2D eigenvalue weighted by Gasteiger charge is -2.18. The lowest BCUT2D eigenvalue weighted by molar-refractivity contribution is -0.481. The van der Waals surface area contributed by atoms with Crippen molar-refractivity contribution in [2.45, 2.75) is 12.5 Å². The van der Waals surface area contributed by atoms with Gasteiger partial charge in [-0.15, -0.1) is 0 Å². The standard InChI is InChI=1S/C23H19FN2O3/c24-17-11-9-16(10-12-17)15-29-23-8-4-2-6-19(23)21(14-26(27)28)20-13-25-22-7-3-1-5-18(20)22/h1-13,21,25H,14-15H2/t21-/m1/s1. The van der Waals surface area contributed by atoms with Crippen LogP contribution in [0.4, 0.5) is 4.39 Å². The molecule has 6 heteroatoms. The zero-order chi connectivity index (χ0) is 20.2. The van der Waals surface area contributed by atoms with E-state index in [9.17, 15) is 14.5 Å². The van der Waals surface area contributed by atoms with Gasteiger partial charge in [0.1, 0.15) is 18.2 Å². The van der Waals surface area contributed by atoms with E-state index >= 15 is 0 Å². The second-order valence-corrected chi connectivity index (χ2v) is 6.81. The molecule has 0 radical (unpaired) electrons. The smallest absolute Gasteiger partial charge is 0.214 e. The number of nitrogens with one attached hydrogen (secondary N) is 1. The van der Waals surface area contributed by atoms with E-state index in [2.05, 4.69) is 4.98 Å². The maximum absolute atomic E-state index is 13.1. The molecule has 1 heterocycles. The number of nitro groups is 1. The first-order valence-electron chi connectivity index (χ1n) is 9.26. The summed E-state index contributed by atoms with van der Waals surface area (Å²) in [6.45, 7) is -0.00483. The van der Waals surface area contributed by atoms with E-state index in [1.165, 1.54) is 12.1 Å². The highest BCUT2D eigenvalue weighted by molar-refractivity contribution is 5.84. The van der Waals surface area contributed by atoms with Gasteiger partial charge in [0.2, 0.25) is 6.54 Å². The maximum Gasteiger partial charge on any atom is 0.214 e. The zero-order valence-electron chi connectivity index (χ0n) is 15.5. The van der Waals surface area contributed by atoms with Crippen LogP contribution in [0.3, 0.4) is 0 Å². The second kappa shape index (κ2) is 8.14. The normalized spacial score (nSPS) is 12.0. The number of halogens is 1. The highest BCUT2D eigenvalue weighted by Crippen LogP contribution is 2.36. The van der Waals surface area contributed by atoms with E-state index in [1.54, 1.807) is 18.2 Å². The minimum atomic E-state index is -0.467. The molecular weight excluding hydrogens is 371 g/mol. The van der Waals surface area contributed by atoms with Crippen molar-refractivity contribution in [1.29, 1.82) is 0 Å². The molecule has 1 aromatic heterocycles. The van der Waals surface area contributed by atoms with E-state index in [4.69, 9.17) is 4.74 Å². The fraction of sp³-hybridized carbons (Fsp3) is 0.130. The van der Waals surface area contributed by atoms with Gasteiger partial charge in [-0.25, -0.2) is 4.39 Å². The van der Waals surface area contributed by atoms with Crippen molar-refractivity contribution < 1.29 is 14.1 Å². The Morgan fingerprint density at radius 2 is 1.69 bits per heavy atom. The maximum atomic E-state index is 13.1. The van der Waals surface area contributed by atoms with Gasteiger partial charge < -0.3 is 9.72 Å². The number of H-pyrrole nitrogens is 1. The predicted octanol–water partition coefficient (Wildman–Crippen LogP) is 5.29. The number of benzene rings is 3. The summed E-state index contributed by atoms with van der Waals surface area (Å²) in [7, 11) is 0. The lowest BCUT2D eigenvalue weighted by Crippen LogP contribution is -2.15. The van der Waals surface area contributed by atoms with Crippen molar-refractivity contribution in [3.05, 3.63) is 112 Å². The molecular formula is C23H19FN2O3. The quantitative estimate of drug-likeness (QED) is 0.344. The Hall–Kier alpha value is -3.67. The SMILES string of the molecule is O=[N+]([O-])C[C@H](c1ccccc1OCc1ccc(F)cc1)c1c[nH]c2ccccc12. The number of fused-ring (bicyclic) bond motifs is 1. The number of hydrogen-bond acceptors (Lipinski definition) is 3. The van der Waals surface area contributed by atoms with Crippen molar-refractivity contribution in [3.63, 3.8) is 0 Å². The zero-order valence-corrected chi connectivity index (χ0v) is 15.5. The molecule has 4 rings (SSSR count). The fourth-order valence-corrected chi connectivity index (χ4v) is 3.54. The van der Waals surface area contributed by atoms with Crippen molar-refractivity contribution in [1.82, 2.24) is 4.98 Å². The molecule has 0 aliphatic rings. The van der Waals surface area contributed by atoms with Crippen LogP contribution in [0.25, 0.3) is 10.9 Å². The second-order valence-electron chi connectivity index (χ2n) is 6.81. The van der Waals surface area contributed by atoms with Crippen LogP contribution in [0, 0.1) is 15.9 Å². The van der Waals surface area contributed by atoms with Gasteiger partial charge >= 0.3 is 0 Å². The summed E-state index contributed by atoms with van der Waals surface area (Å²) >= 11 is 0. The third kappa shape index (κ3) is 4.11. The first-order valence-corrected chi connectivity index (χ1v) is 9.26. The van der Waals surface area contributed by atoms with Crippen molar-refractivity contribution in [2.75, 3.05) is 6.54 Å². The number of nitrogens with zero attached hydrogens (tertiary/aromatic N) is 1. The highest BCUT2D eigenvalue weighted by Gasteiger charge is 2.26. The molecule has 3 aromatic carbocycles. The van der Waals surface area contributed by atoms with Gasteiger partial charge in [0.25, 0.3) is 0 Å². The average molecular weight is 390 g/mol. The third-order valence-electron chi connectivity index (χ3n) is 4.93. The van der Waals surface area contributed by atoms with Crippen LogP contribution in [0.5, 0.6) is 5.75 Å². The van der Waals surface area contributed by atoms with Crippen LogP contribution in [-0.4, -0.2) is 16.5 Å². The van der Waals surface area contributed by atoms with Crippen LogP contribution in [-0.2, 0) is 6.61 Å². The Kier molecular flexibility index (Phi) is 5.24. The van der Waals surface area contributed by atoms with Crippen LogP contribution >= 0.6 is 0 Å². The van der Waals surface area contributed by atoms with Gasteiger partial charge in [0, 0.05) is 27.6 Å². The Labute approximate surface area is 166 Å². The molecule has 0 spiro atoms. The molecule has 0 saturated carbocycles. The molecule has 4 aromatic rings. The molecule has 0 aliphatic carbocycles. The Bertz CT molecular complexity index is 1140. The summed E-state index contributed by atoms with van der Waals surface area (Å²) in [5, 5.41) is 12.4. The van der Waals surface area contributed by atoms with E-state index in [-0.39, 0.29) is 23.9 Å². The van der Waals surface area contributed by atoms with Gasteiger partial charge in [-0.1, -0.05) is 48.5 Å². The van der Waals surface area contributed by atoms with Gasteiger partial charge in [0.15, 0.2) is 0 Å². The van der Waals surface area contributed by atoms with E-state index in [1.807, 2.05) is 48.7 Å². The van der Waals surface area contributed by atoms with Crippen molar-refractivity contribution in [3.8, 4) is 5.75 Å². The molecule has 0 aliphatic heterocycles. The molecule has 1 N–H and O–H groups in total. The largest absolute Gasteiger partial charge is 0.489 e. The first-order chi connectivity index (χ1) is 14.1. The highest BCUT2D eigenvalue weighted by atomic mass is 19.1. The average Bonchev–Trinajstić information content (AvgIpc) is 3.16. The van der Waals surface area contributed by atoms with Gasteiger partial charge in [-0.2, -0.15) is 0 Å². The summed E-state index contributed by atoms with van der Waals surface area (Å²) in [5.74, 6) is -0.195.